The number of methoxy groups -OCH3 is 1. The summed E-state index contributed by atoms with van der Waals surface area (Å²) >= 11 is 0. The molecule has 0 radical (unpaired) electrons. The Morgan fingerprint density at radius 3 is 2.32 bits per heavy atom. The fourth-order valence-electron chi connectivity index (χ4n) is 2.17. The number of para-hydroxylation sites is 1. The molecular formula is C16H18O3. The zero-order chi connectivity index (χ0) is 13.7. The highest BCUT2D eigenvalue weighted by atomic mass is 16.5. The van der Waals surface area contributed by atoms with Crippen molar-refractivity contribution in [2.24, 2.45) is 0 Å². The average Bonchev–Trinajstić information content (AvgIpc) is 2.47. The first kappa shape index (κ1) is 13.6. The number of aliphatic hydroxyl groups is 2. The lowest BCUT2D eigenvalue weighted by atomic mass is 9.97. The lowest BCUT2D eigenvalue weighted by Gasteiger charge is -2.16. The predicted octanol–water partition coefficient (Wildman–Crippen LogP) is 2.46. The Kier molecular flexibility index (Phi) is 4.55. The molecule has 0 saturated carbocycles. The van der Waals surface area contributed by atoms with Crippen LogP contribution in [-0.4, -0.2) is 17.3 Å². The van der Waals surface area contributed by atoms with E-state index >= 15 is 0 Å². The van der Waals surface area contributed by atoms with E-state index < -0.39 is 6.10 Å². The molecule has 3 heteroatoms. The van der Waals surface area contributed by atoms with Crippen LogP contribution >= 0.6 is 0 Å². The molecule has 1 atom stereocenters. The van der Waals surface area contributed by atoms with E-state index in [2.05, 4.69) is 0 Å². The second-order valence-corrected chi connectivity index (χ2v) is 4.39. The summed E-state index contributed by atoms with van der Waals surface area (Å²) in [5.74, 6) is 0.677. The number of ether oxygens (including phenoxy) is 1. The summed E-state index contributed by atoms with van der Waals surface area (Å²) < 4.78 is 5.25. The van der Waals surface area contributed by atoms with Gasteiger partial charge in [0, 0.05) is 12.0 Å². The molecule has 0 saturated heterocycles. The van der Waals surface area contributed by atoms with Crippen LogP contribution in [-0.2, 0) is 13.0 Å². The SMILES string of the molecule is COc1ccccc1C(O)Cc1ccccc1CO. The van der Waals surface area contributed by atoms with Crippen molar-refractivity contribution in [1.29, 1.82) is 0 Å². The van der Waals surface area contributed by atoms with Gasteiger partial charge in [0.2, 0.25) is 0 Å². The van der Waals surface area contributed by atoms with E-state index in [0.717, 1.165) is 16.7 Å². The quantitative estimate of drug-likeness (QED) is 0.866. The van der Waals surface area contributed by atoms with Gasteiger partial charge in [0.15, 0.2) is 0 Å². The monoisotopic (exact) mass is 258 g/mol. The Hall–Kier alpha value is -1.84. The van der Waals surface area contributed by atoms with Crippen molar-refractivity contribution in [2.45, 2.75) is 19.1 Å². The van der Waals surface area contributed by atoms with Crippen molar-refractivity contribution in [3.8, 4) is 5.75 Å². The molecule has 2 aromatic rings. The Balaban J connectivity index is 2.23. The van der Waals surface area contributed by atoms with Crippen LogP contribution in [0.3, 0.4) is 0 Å². The van der Waals surface area contributed by atoms with Crippen LogP contribution in [0.4, 0.5) is 0 Å². The van der Waals surface area contributed by atoms with Crippen molar-refractivity contribution in [2.75, 3.05) is 7.11 Å². The molecule has 0 aliphatic rings. The van der Waals surface area contributed by atoms with Gasteiger partial charge in [-0.3, -0.25) is 0 Å². The van der Waals surface area contributed by atoms with Gasteiger partial charge in [0.1, 0.15) is 5.75 Å². The largest absolute Gasteiger partial charge is 0.496 e. The molecule has 0 amide bonds. The fourth-order valence-corrected chi connectivity index (χ4v) is 2.17. The minimum Gasteiger partial charge on any atom is -0.496 e. The van der Waals surface area contributed by atoms with E-state index in [4.69, 9.17) is 4.74 Å². The Bertz CT molecular complexity index is 537. The normalized spacial score (nSPS) is 12.2. The molecule has 1 unspecified atom stereocenters. The van der Waals surface area contributed by atoms with E-state index in [9.17, 15) is 10.2 Å². The van der Waals surface area contributed by atoms with Gasteiger partial charge in [-0.15, -0.1) is 0 Å². The highest BCUT2D eigenvalue weighted by Gasteiger charge is 2.14. The van der Waals surface area contributed by atoms with E-state index in [0.29, 0.717) is 12.2 Å². The van der Waals surface area contributed by atoms with Crippen molar-refractivity contribution in [1.82, 2.24) is 0 Å². The maximum Gasteiger partial charge on any atom is 0.124 e. The Morgan fingerprint density at radius 2 is 1.63 bits per heavy atom. The molecule has 0 fully saturated rings. The number of rotatable bonds is 5. The van der Waals surface area contributed by atoms with Crippen LogP contribution in [0.25, 0.3) is 0 Å². The minimum absolute atomic E-state index is 0.0190. The molecule has 19 heavy (non-hydrogen) atoms. The van der Waals surface area contributed by atoms with E-state index in [1.54, 1.807) is 7.11 Å². The molecule has 2 rings (SSSR count). The lowest BCUT2D eigenvalue weighted by Crippen LogP contribution is -2.06. The molecule has 0 spiro atoms. The molecule has 0 aliphatic carbocycles. The lowest BCUT2D eigenvalue weighted by molar-refractivity contribution is 0.173. The van der Waals surface area contributed by atoms with Crippen LogP contribution in [0.1, 0.15) is 22.8 Å². The van der Waals surface area contributed by atoms with E-state index in [1.807, 2.05) is 48.5 Å². The summed E-state index contributed by atoms with van der Waals surface area (Å²) in [5, 5.41) is 19.6. The predicted molar refractivity (Wildman–Crippen MR) is 74.0 cm³/mol. The zero-order valence-corrected chi connectivity index (χ0v) is 10.9. The van der Waals surface area contributed by atoms with Gasteiger partial charge in [-0.2, -0.15) is 0 Å². The third-order valence-corrected chi connectivity index (χ3v) is 3.20. The van der Waals surface area contributed by atoms with E-state index in [1.165, 1.54) is 0 Å². The third kappa shape index (κ3) is 3.13. The molecule has 2 N–H and O–H groups in total. The second kappa shape index (κ2) is 6.36. The molecular weight excluding hydrogens is 240 g/mol. The van der Waals surface area contributed by atoms with Gasteiger partial charge < -0.3 is 14.9 Å². The molecule has 2 aromatic carbocycles. The summed E-state index contributed by atoms with van der Waals surface area (Å²) in [4.78, 5) is 0. The topological polar surface area (TPSA) is 49.7 Å². The maximum atomic E-state index is 10.3. The van der Waals surface area contributed by atoms with E-state index in [-0.39, 0.29) is 6.61 Å². The van der Waals surface area contributed by atoms with Gasteiger partial charge in [0.25, 0.3) is 0 Å². The number of hydrogen-bond donors (Lipinski definition) is 2. The van der Waals surface area contributed by atoms with Crippen LogP contribution in [0.2, 0.25) is 0 Å². The van der Waals surface area contributed by atoms with Crippen LogP contribution in [0.5, 0.6) is 5.75 Å². The smallest absolute Gasteiger partial charge is 0.124 e. The van der Waals surface area contributed by atoms with Gasteiger partial charge in [-0.25, -0.2) is 0 Å². The first-order valence-corrected chi connectivity index (χ1v) is 6.25. The molecule has 0 aliphatic heterocycles. The molecule has 0 aromatic heterocycles. The maximum absolute atomic E-state index is 10.3. The van der Waals surface area contributed by atoms with Crippen molar-refractivity contribution in [3.63, 3.8) is 0 Å². The summed E-state index contributed by atoms with van der Waals surface area (Å²) in [6, 6.07) is 15.0. The molecule has 3 nitrogen and oxygen atoms in total. The Labute approximate surface area is 113 Å². The summed E-state index contributed by atoms with van der Waals surface area (Å²) in [7, 11) is 1.59. The summed E-state index contributed by atoms with van der Waals surface area (Å²) in [5.41, 5.74) is 2.55. The van der Waals surface area contributed by atoms with Gasteiger partial charge in [0.05, 0.1) is 19.8 Å². The zero-order valence-electron chi connectivity index (χ0n) is 10.9. The summed E-state index contributed by atoms with van der Waals surface area (Å²) in [6.45, 7) is -0.0190. The number of aliphatic hydroxyl groups excluding tert-OH is 2. The van der Waals surface area contributed by atoms with Crippen LogP contribution < -0.4 is 4.74 Å². The van der Waals surface area contributed by atoms with Crippen molar-refractivity contribution < 1.29 is 14.9 Å². The van der Waals surface area contributed by atoms with Crippen LogP contribution in [0.15, 0.2) is 48.5 Å². The molecule has 0 bridgehead atoms. The second-order valence-electron chi connectivity index (χ2n) is 4.39. The fraction of sp³-hybridized carbons (Fsp3) is 0.250. The number of hydrogen-bond acceptors (Lipinski definition) is 3. The average molecular weight is 258 g/mol. The molecule has 0 heterocycles. The first-order valence-electron chi connectivity index (χ1n) is 6.25. The van der Waals surface area contributed by atoms with Gasteiger partial charge in [-0.1, -0.05) is 42.5 Å². The first-order chi connectivity index (χ1) is 9.26. The minimum atomic E-state index is -0.649. The van der Waals surface area contributed by atoms with Gasteiger partial charge in [-0.05, 0) is 17.2 Å². The Morgan fingerprint density at radius 1 is 1.00 bits per heavy atom. The third-order valence-electron chi connectivity index (χ3n) is 3.20. The standard InChI is InChI=1S/C16H18O3/c1-19-16-9-5-4-8-14(16)15(18)10-12-6-2-3-7-13(12)11-17/h2-9,15,17-18H,10-11H2,1H3. The van der Waals surface area contributed by atoms with Gasteiger partial charge >= 0.3 is 0 Å². The number of benzene rings is 2. The highest BCUT2D eigenvalue weighted by Crippen LogP contribution is 2.28. The van der Waals surface area contributed by atoms with Crippen molar-refractivity contribution in [3.05, 3.63) is 65.2 Å². The highest BCUT2D eigenvalue weighted by molar-refractivity contribution is 5.37. The van der Waals surface area contributed by atoms with Crippen LogP contribution in [0, 0.1) is 0 Å². The van der Waals surface area contributed by atoms with Crippen molar-refractivity contribution >= 4 is 0 Å². The summed E-state index contributed by atoms with van der Waals surface area (Å²) in [6.07, 6.45) is -0.194. The molecule has 100 valence electrons.